The molecule has 2 aromatic carbocycles. The molecule has 1 aliphatic rings. The van der Waals surface area contributed by atoms with Crippen molar-refractivity contribution in [2.75, 3.05) is 13.2 Å². The lowest BCUT2D eigenvalue weighted by atomic mass is 10.2. The van der Waals surface area contributed by atoms with E-state index < -0.39 is 0 Å². The van der Waals surface area contributed by atoms with Crippen LogP contribution in [0.3, 0.4) is 0 Å². The monoisotopic (exact) mass is 441 g/mol. The molecule has 1 atom stereocenters. The van der Waals surface area contributed by atoms with E-state index in [2.05, 4.69) is 15.3 Å². The number of carbonyl (C=O) groups is 1. The number of nitrogens with one attached hydrogen (secondary N) is 1. The molecule has 2 heterocycles. The van der Waals surface area contributed by atoms with Gasteiger partial charge in [0.05, 0.1) is 6.10 Å². The predicted molar refractivity (Wildman–Crippen MR) is 115 cm³/mol. The topological polar surface area (TPSA) is 73.3 Å². The second-order valence-corrected chi connectivity index (χ2v) is 8.19. The molecule has 8 heteroatoms. The summed E-state index contributed by atoms with van der Waals surface area (Å²) >= 11 is 7.38. The van der Waals surface area contributed by atoms with Crippen molar-refractivity contribution in [2.45, 2.75) is 28.9 Å². The number of nitrogens with zero attached hydrogens (tertiary/aromatic N) is 2. The van der Waals surface area contributed by atoms with Crippen molar-refractivity contribution >= 4 is 29.3 Å². The Labute approximate surface area is 184 Å². The third-order valence-corrected chi connectivity index (χ3v) is 5.74. The molecule has 1 fully saturated rings. The highest BCUT2D eigenvalue weighted by atomic mass is 35.5. The lowest BCUT2D eigenvalue weighted by Crippen LogP contribution is -2.31. The van der Waals surface area contributed by atoms with Gasteiger partial charge in [-0.1, -0.05) is 23.4 Å². The van der Waals surface area contributed by atoms with Crippen molar-refractivity contribution < 1.29 is 14.3 Å². The second kappa shape index (κ2) is 9.93. The first-order valence-corrected chi connectivity index (χ1v) is 10.8. The van der Waals surface area contributed by atoms with Crippen molar-refractivity contribution in [3.8, 4) is 11.6 Å². The van der Waals surface area contributed by atoms with E-state index in [1.165, 1.54) is 11.8 Å². The average Bonchev–Trinajstić information content (AvgIpc) is 3.29. The Morgan fingerprint density at radius 3 is 2.63 bits per heavy atom. The number of hydrogen-bond acceptors (Lipinski definition) is 6. The quantitative estimate of drug-likeness (QED) is 0.557. The highest BCUT2D eigenvalue weighted by molar-refractivity contribution is 7.99. The average molecular weight is 442 g/mol. The van der Waals surface area contributed by atoms with E-state index >= 15 is 0 Å². The summed E-state index contributed by atoms with van der Waals surface area (Å²) in [4.78, 5) is 21.9. The van der Waals surface area contributed by atoms with E-state index in [0.717, 1.165) is 24.3 Å². The van der Waals surface area contributed by atoms with Crippen molar-refractivity contribution in [2.24, 2.45) is 0 Å². The van der Waals surface area contributed by atoms with Crippen LogP contribution in [0.2, 0.25) is 5.02 Å². The van der Waals surface area contributed by atoms with Crippen LogP contribution in [-0.4, -0.2) is 35.1 Å². The van der Waals surface area contributed by atoms with Gasteiger partial charge < -0.3 is 14.8 Å². The first kappa shape index (κ1) is 20.7. The van der Waals surface area contributed by atoms with E-state index in [4.69, 9.17) is 21.1 Å². The number of carbonyl (C=O) groups excluding carboxylic acids is 1. The fourth-order valence-electron chi connectivity index (χ4n) is 2.97. The van der Waals surface area contributed by atoms with Gasteiger partial charge in [-0.25, -0.2) is 9.97 Å². The van der Waals surface area contributed by atoms with E-state index in [-0.39, 0.29) is 12.0 Å². The van der Waals surface area contributed by atoms with Crippen LogP contribution in [0.4, 0.5) is 0 Å². The standard InChI is InChI=1S/C22H20ClN3O3S/c23-16-5-9-19(10-6-16)30-22-21(24-11-12-25-22)29-17-7-3-15(4-8-17)20(27)26-14-18-2-1-13-28-18/h3-12,18H,1-2,13-14H2,(H,26,27). The van der Waals surface area contributed by atoms with E-state index in [1.54, 1.807) is 36.7 Å². The zero-order chi connectivity index (χ0) is 20.8. The number of amides is 1. The third-order valence-electron chi connectivity index (χ3n) is 4.51. The maximum absolute atomic E-state index is 12.3. The van der Waals surface area contributed by atoms with Crippen LogP contribution in [0.5, 0.6) is 11.6 Å². The van der Waals surface area contributed by atoms with Crippen LogP contribution >= 0.6 is 23.4 Å². The van der Waals surface area contributed by atoms with Gasteiger partial charge >= 0.3 is 0 Å². The molecule has 1 aliphatic heterocycles. The summed E-state index contributed by atoms with van der Waals surface area (Å²) in [5, 5.41) is 4.22. The van der Waals surface area contributed by atoms with Crippen LogP contribution < -0.4 is 10.1 Å². The highest BCUT2D eigenvalue weighted by Crippen LogP contribution is 2.34. The van der Waals surface area contributed by atoms with Crippen molar-refractivity contribution in [3.05, 3.63) is 71.5 Å². The first-order valence-electron chi connectivity index (χ1n) is 9.59. The molecule has 154 valence electrons. The van der Waals surface area contributed by atoms with Gasteiger partial charge in [-0.05, 0) is 61.4 Å². The third kappa shape index (κ3) is 5.50. The van der Waals surface area contributed by atoms with Gasteiger partial charge in [-0.15, -0.1) is 0 Å². The van der Waals surface area contributed by atoms with E-state index in [1.807, 2.05) is 24.3 Å². The molecule has 1 N–H and O–H groups in total. The van der Waals surface area contributed by atoms with Gasteiger partial charge in [-0.2, -0.15) is 0 Å². The zero-order valence-corrected chi connectivity index (χ0v) is 17.7. The molecule has 0 saturated carbocycles. The zero-order valence-electron chi connectivity index (χ0n) is 16.1. The van der Waals surface area contributed by atoms with Crippen LogP contribution in [0.15, 0.2) is 70.8 Å². The summed E-state index contributed by atoms with van der Waals surface area (Å²) in [7, 11) is 0. The molecule has 1 saturated heterocycles. The number of benzene rings is 2. The number of hydrogen-bond donors (Lipinski definition) is 1. The van der Waals surface area contributed by atoms with Crippen LogP contribution in [0, 0.1) is 0 Å². The molecule has 1 unspecified atom stereocenters. The van der Waals surface area contributed by atoms with Gasteiger partial charge in [0.2, 0.25) is 0 Å². The summed E-state index contributed by atoms with van der Waals surface area (Å²) < 4.78 is 11.4. The summed E-state index contributed by atoms with van der Waals surface area (Å²) in [5.41, 5.74) is 0.565. The van der Waals surface area contributed by atoms with Gasteiger partial charge in [0.15, 0.2) is 5.03 Å². The maximum Gasteiger partial charge on any atom is 0.252 e. The predicted octanol–water partition coefficient (Wildman–Crippen LogP) is 4.98. The lowest BCUT2D eigenvalue weighted by Gasteiger charge is -2.11. The first-order chi connectivity index (χ1) is 14.7. The fraction of sp³-hybridized carbons (Fsp3) is 0.227. The molecule has 0 bridgehead atoms. The number of aromatic nitrogens is 2. The maximum atomic E-state index is 12.3. The van der Waals surface area contributed by atoms with Crippen molar-refractivity contribution in [3.63, 3.8) is 0 Å². The summed E-state index contributed by atoms with van der Waals surface area (Å²) in [6.45, 7) is 1.30. The molecule has 6 nitrogen and oxygen atoms in total. The van der Waals surface area contributed by atoms with Crippen molar-refractivity contribution in [1.29, 1.82) is 0 Å². The minimum Gasteiger partial charge on any atom is -0.437 e. The van der Waals surface area contributed by atoms with E-state index in [9.17, 15) is 4.79 Å². The minimum atomic E-state index is -0.129. The molecule has 3 aromatic rings. The summed E-state index contributed by atoms with van der Waals surface area (Å²) in [5.74, 6) is 0.840. The molecule has 0 aliphatic carbocycles. The summed E-state index contributed by atoms with van der Waals surface area (Å²) in [6, 6.07) is 14.4. The Morgan fingerprint density at radius 2 is 1.90 bits per heavy atom. The van der Waals surface area contributed by atoms with Gasteiger partial charge in [0, 0.05) is 41.0 Å². The minimum absolute atomic E-state index is 0.116. The highest BCUT2D eigenvalue weighted by Gasteiger charge is 2.17. The Kier molecular flexibility index (Phi) is 6.84. The van der Waals surface area contributed by atoms with Crippen molar-refractivity contribution in [1.82, 2.24) is 15.3 Å². The Morgan fingerprint density at radius 1 is 1.13 bits per heavy atom. The van der Waals surface area contributed by atoms with E-state index in [0.29, 0.717) is 33.8 Å². The smallest absolute Gasteiger partial charge is 0.252 e. The molecule has 30 heavy (non-hydrogen) atoms. The Bertz CT molecular complexity index is 993. The summed E-state index contributed by atoms with van der Waals surface area (Å²) in [6.07, 6.45) is 5.35. The Hall–Kier alpha value is -2.61. The molecular weight excluding hydrogens is 422 g/mol. The van der Waals surface area contributed by atoms with Gasteiger partial charge in [0.1, 0.15) is 5.75 Å². The molecule has 0 spiro atoms. The lowest BCUT2D eigenvalue weighted by molar-refractivity contribution is 0.0858. The van der Waals surface area contributed by atoms with Gasteiger partial charge in [0.25, 0.3) is 11.8 Å². The SMILES string of the molecule is O=C(NCC1CCCO1)c1ccc(Oc2nccnc2Sc2ccc(Cl)cc2)cc1. The van der Waals surface area contributed by atoms with Crippen LogP contribution in [-0.2, 0) is 4.74 Å². The van der Waals surface area contributed by atoms with Crippen LogP contribution in [0.25, 0.3) is 0 Å². The molecular formula is C22H20ClN3O3S. The van der Waals surface area contributed by atoms with Crippen LogP contribution in [0.1, 0.15) is 23.2 Å². The largest absolute Gasteiger partial charge is 0.437 e. The number of halogens is 1. The normalized spacial score (nSPS) is 15.7. The molecule has 1 amide bonds. The second-order valence-electron chi connectivity index (χ2n) is 6.69. The number of rotatable bonds is 7. The molecule has 0 radical (unpaired) electrons. The fourth-order valence-corrected chi connectivity index (χ4v) is 3.88. The molecule has 4 rings (SSSR count). The molecule has 1 aromatic heterocycles. The van der Waals surface area contributed by atoms with Gasteiger partial charge in [-0.3, -0.25) is 4.79 Å². The number of ether oxygens (including phenoxy) is 2. The Balaban J connectivity index is 1.39.